The van der Waals surface area contributed by atoms with Gasteiger partial charge in [-0.1, -0.05) is 34.1 Å². The average molecular weight is 520 g/mol. The minimum absolute atomic E-state index is 0.197. The number of likely N-dealkylation sites (tertiary alicyclic amines) is 1. The quantitative estimate of drug-likeness (QED) is 0.463. The fourth-order valence-corrected chi connectivity index (χ4v) is 10.6. The van der Waals surface area contributed by atoms with Crippen molar-refractivity contribution in [3.63, 3.8) is 0 Å². The maximum absolute atomic E-state index is 12.5. The molecule has 2 unspecified atom stereocenters. The molecule has 0 aromatic heterocycles. The van der Waals surface area contributed by atoms with Crippen LogP contribution in [0.25, 0.3) is 0 Å². The van der Waals surface area contributed by atoms with E-state index in [2.05, 4.69) is 27.7 Å². The van der Waals surface area contributed by atoms with Crippen LogP contribution in [0, 0.1) is 52.3 Å². The van der Waals surface area contributed by atoms with Crippen molar-refractivity contribution >= 4 is 6.09 Å². The van der Waals surface area contributed by atoms with E-state index in [-0.39, 0.29) is 35.2 Å². The van der Waals surface area contributed by atoms with E-state index in [1.165, 1.54) is 25.7 Å². The van der Waals surface area contributed by atoms with Crippen LogP contribution in [0.5, 0.6) is 0 Å². The summed E-state index contributed by atoms with van der Waals surface area (Å²) in [5.41, 5.74) is 0.484. The number of ether oxygens (including phenoxy) is 1. The van der Waals surface area contributed by atoms with Crippen molar-refractivity contribution in [2.45, 2.75) is 117 Å². The zero-order chi connectivity index (χ0) is 26.5. The molecule has 0 bridgehead atoms. The zero-order valence-electron chi connectivity index (χ0n) is 23.8. The third-order valence-corrected chi connectivity index (χ3v) is 12.7. The van der Waals surface area contributed by atoms with Crippen LogP contribution < -0.4 is 0 Å². The van der Waals surface area contributed by atoms with E-state index in [0.717, 1.165) is 32.1 Å². The molecule has 0 aromatic rings. The number of amides is 1. The second kappa shape index (κ2) is 10.6. The van der Waals surface area contributed by atoms with Gasteiger partial charge >= 0.3 is 6.09 Å². The van der Waals surface area contributed by atoms with Gasteiger partial charge in [-0.25, -0.2) is 4.79 Å². The lowest BCUT2D eigenvalue weighted by atomic mass is 9.41. The van der Waals surface area contributed by atoms with Crippen LogP contribution in [-0.4, -0.2) is 64.3 Å². The minimum Gasteiger partial charge on any atom is -0.449 e. The number of carbonyl (C=O) groups excluding carboxylic acids is 1. The molecule has 3 N–H and O–H groups in total. The summed E-state index contributed by atoms with van der Waals surface area (Å²) in [6, 6.07) is 0. The van der Waals surface area contributed by atoms with E-state index in [9.17, 15) is 20.1 Å². The number of piperidine rings is 1. The summed E-state index contributed by atoms with van der Waals surface area (Å²) in [5, 5.41) is 32.1. The SMILES string of the molecule is CC[C@H]1[C@@H](O)[C@H]2[C@@H]3CC[C@H]([C@H](C)CCOC(=O)N4CCC(O)CC4)C3(C)CC[C@@H]2C2(C)CC[C@@H](O)C[C@@H]12. The molecule has 0 radical (unpaired) electrons. The lowest BCUT2D eigenvalue weighted by Crippen LogP contribution is -2.62. The van der Waals surface area contributed by atoms with Crippen molar-refractivity contribution in [3.8, 4) is 0 Å². The molecule has 1 aliphatic heterocycles. The Labute approximate surface area is 224 Å². The molecule has 1 saturated heterocycles. The number of aliphatic hydroxyl groups is 3. The third kappa shape index (κ3) is 4.75. The molecule has 0 spiro atoms. The summed E-state index contributed by atoms with van der Waals surface area (Å²) in [6.45, 7) is 11.2. The summed E-state index contributed by atoms with van der Waals surface area (Å²) in [6.07, 6.45) is 9.96. The fourth-order valence-electron chi connectivity index (χ4n) is 10.6. The molecule has 6 nitrogen and oxygen atoms in total. The van der Waals surface area contributed by atoms with Crippen LogP contribution in [0.2, 0.25) is 0 Å². The van der Waals surface area contributed by atoms with Gasteiger partial charge in [-0.3, -0.25) is 0 Å². The predicted molar refractivity (Wildman–Crippen MR) is 144 cm³/mol. The smallest absolute Gasteiger partial charge is 0.409 e. The molecule has 6 heteroatoms. The molecule has 4 saturated carbocycles. The summed E-state index contributed by atoms with van der Waals surface area (Å²) in [4.78, 5) is 14.2. The van der Waals surface area contributed by atoms with Crippen molar-refractivity contribution in [1.82, 2.24) is 4.90 Å². The molecule has 1 heterocycles. The third-order valence-electron chi connectivity index (χ3n) is 12.7. The van der Waals surface area contributed by atoms with Crippen LogP contribution in [-0.2, 0) is 4.74 Å². The molecule has 0 aromatic carbocycles. The molecule has 212 valence electrons. The van der Waals surface area contributed by atoms with Crippen LogP contribution in [0.4, 0.5) is 4.79 Å². The maximum atomic E-state index is 12.5. The van der Waals surface area contributed by atoms with Gasteiger partial charge in [0.1, 0.15) is 0 Å². The van der Waals surface area contributed by atoms with Crippen molar-refractivity contribution in [2.24, 2.45) is 52.3 Å². The molecule has 4 aliphatic carbocycles. The first-order valence-corrected chi connectivity index (χ1v) is 15.6. The number of hydrogen-bond donors (Lipinski definition) is 3. The highest BCUT2D eigenvalue weighted by atomic mass is 16.6. The Morgan fingerprint density at radius 3 is 2.30 bits per heavy atom. The Morgan fingerprint density at radius 2 is 1.59 bits per heavy atom. The molecule has 1 amide bonds. The van der Waals surface area contributed by atoms with Crippen molar-refractivity contribution in [3.05, 3.63) is 0 Å². The Bertz CT molecular complexity index is 813. The monoisotopic (exact) mass is 519 g/mol. The molecule has 37 heavy (non-hydrogen) atoms. The Kier molecular flexibility index (Phi) is 7.95. The first-order valence-electron chi connectivity index (χ1n) is 15.6. The fraction of sp³-hybridized carbons (Fsp3) is 0.968. The van der Waals surface area contributed by atoms with E-state index in [4.69, 9.17) is 4.74 Å². The summed E-state index contributed by atoms with van der Waals surface area (Å²) in [5.74, 6) is 3.34. The van der Waals surface area contributed by atoms with Crippen molar-refractivity contribution in [1.29, 1.82) is 0 Å². The number of nitrogens with zero attached hydrogens (tertiary/aromatic N) is 1. The summed E-state index contributed by atoms with van der Waals surface area (Å²) in [7, 11) is 0. The van der Waals surface area contributed by atoms with Gasteiger partial charge in [0.15, 0.2) is 0 Å². The highest BCUT2D eigenvalue weighted by Gasteiger charge is 2.64. The number of hydrogen-bond acceptors (Lipinski definition) is 5. The van der Waals surface area contributed by atoms with E-state index >= 15 is 0 Å². The zero-order valence-corrected chi connectivity index (χ0v) is 23.8. The minimum atomic E-state index is -0.288. The molecular weight excluding hydrogens is 466 g/mol. The van der Waals surface area contributed by atoms with Gasteiger partial charge in [0.25, 0.3) is 0 Å². The van der Waals surface area contributed by atoms with Gasteiger partial charge in [0, 0.05) is 13.1 Å². The Balaban J connectivity index is 1.24. The largest absolute Gasteiger partial charge is 0.449 e. The Hall–Kier alpha value is -0.850. The predicted octanol–water partition coefficient (Wildman–Crippen LogP) is 5.23. The maximum Gasteiger partial charge on any atom is 0.409 e. The molecule has 11 atom stereocenters. The average Bonchev–Trinajstić information content (AvgIpc) is 3.23. The second-order valence-corrected chi connectivity index (χ2v) is 14.2. The Morgan fingerprint density at radius 1 is 0.919 bits per heavy atom. The first kappa shape index (κ1) is 27.7. The molecule has 5 rings (SSSR count). The van der Waals surface area contributed by atoms with Gasteiger partial charge in [-0.2, -0.15) is 0 Å². The van der Waals surface area contributed by atoms with Gasteiger partial charge in [-0.15, -0.1) is 0 Å². The number of aliphatic hydroxyl groups excluding tert-OH is 3. The molecular formula is C31H53NO5. The van der Waals surface area contributed by atoms with Crippen LogP contribution in [0.1, 0.15) is 98.3 Å². The standard InChI is InChI=1S/C31H53NO5/c1-5-22-26-18-21(34)8-13-31(26,4)25-9-14-30(3)23(6-7-24(30)27(25)28(22)35)19(2)12-17-37-29(36)32-15-10-20(33)11-16-32/h19-28,33-35H,5-18H2,1-4H3/t19-,21-,22-,23-,24+,25+,26+,27+,28-,30?,31?/m1/s1. The van der Waals surface area contributed by atoms with Crippen molar-refractivity contribution < 1.29 is 24.9 Å². The number of carbonyl (C=O) groups is 1. The van der Waals surface area contributed by atoms with E-state index in [1.54, 1.807) is 4.90 Å². The lowest BCUT2D eigenvalue weighted by molar-refractivity contribution is -0.203. The van der Waals surface area contributed by atoms with Gasteiger partial charge in [0.2, 0.25) is 0 Å². The van der Waals surface area contributed by atoms with E-state index in [0.29, 0.717) is 74.0 Å². The van der Waals surface area contributed by atoms with Gasteiger partial charge in [-0.05, 0) is 116 Å². The number of rotatable bonds is 5. The highest BCUT2D eigenvalue weighted by Crippen LogP contribution is 2.69. The summed E-state index contributed by atoms with van der Waals surface area (Å²) >= 11 is 0. The first-order chi connectivity index (χ1) is 17.6. The van der Waals surface area contributed by atoms with Crippen LogP contribution >= 0.6 is 0 Å². The van der Waals surface area contributed by atoms with Gasteiger partial charge in [0.05, 0.1) is 24.9 Å². The summed E-state index contributed by atoms with van der Waals surface area (Å²) < 4.78 is 5.67. The van der Waals surface area contributed by atoms with E-state index < -0.39 is 0 Å². The highest BCUT2D eigenvalue weighted by molar-refractivity contribution is 5.67. The van der Waals surface area contributed by atoms with Gasteiger partial charge < -0.3 is 25.0 Å². The lowest BCUT2D eigenvalue weighted by Gasteiger charge is -2.64. The molecule has 5 aliphatic rings. The topological polar surface area (TPSA) is 90.2 Å². The van der Waals surface area contributed by atoms with Crippen LogP contribution in [0.15, 0.2) is 0 Å². The second-order valence-electron chi connectivity index (χ2n) is 14.2. The van der Waals surface area contributed by atoms with E-state index in [1.807, 2.05) is 0 Å². The van der Waals surface area contributed by atoms with Crippen LogP contribution in [0.3, 0.4) is 0 Å². The molecule has 5 fully saturated rings. The van der Waals surface area contributed by atoms with Crippen molar-refractivity contribution in [2.75, 3.05) is 19.7 Å². The number of fused-ring (bicyclic) bond motifs is 5. The normalized spacial score (nSPS) is 47.1.